The number of rotatable bonds is 5. The molecule has 4 aromatic rings. The molecule has 37 heavy (non-hydrogen) atoms. The van der Waals surface area contributed by atoms with Gasteiger partial charge in [-0.2, -0.15) is 0 Å². The van der Waals surface area contributed by atoms with E-state index in [4.69, 9.17) is 14.2 Å². The van der Waals surface area contributed by atoms with Crippen LogP contribution in [0.5, 0.6) is 5.88 Å². The van der Waals surface area contributed by atoms with E-state index in [9.17, 15) is 13.7 Å². The van der Waals surface area contributed by atoms with E-state index < -0.39 is 22.7 Å². The van der Waals surface area contributed by atoms with E-state index in [1.54, 1.807) is 12.3 Å². The average Bonchev–Trinajstić information content (AvgIpc) is 3.61. The number of nitrogens with one attached hydrogen (secondary N) is 1. The second-order valence-corrected chi connectivity index (χ2v) is 10.1. The Morgan fingerprint density at radius 2 is 1.62 bits per heavy atom. The summed E-state index contributed by atoms with van der Waals surface area (Å²) in [4.78, 5) is 8.36. The molecule has 4 heterocycles. The standard InChI is InChI=1S/C26H23FN2O5S.CH5N/c1-35(31)17-8-6-15(7-9-17)14-2-4-16(5-3-14)24-18(27)10-19-20(29-24)11-23(28-19)34-22-13-33-25-21(30)12-32-26(22)25;1-2/h2-11,21-22,25-26,28,30H,12-13H2,1H3;2H2,1H3/t21?,22?,25?,26-,35?;/m1./s1. The number of hydrogen-bond donors (Lipinski definition) is 3. The highest BCUT2D eigenvalue weighted by molar-refractivity contribution is 7.84. The van der Waals surface area contributed by atoms with Crippen LogP contribution in [-0.2, 0) is 20.3 Å². The lowest BCUT2D eigenvalue weighted by molar-refractivity contribution is 0.00794. The molecule has 0 amide bonds. The van der Waals surface area contributed by atoms with Crippen molar-refractivity contribution in [3.63, 3.8) is 0 Å². The maximum atomic E-state index is 15.0. The van der Waals surface area contributed by atoms with Crippen LogP contribution >= 0.6 is 0 Å². The lowest BCUT2D eigenvalue weighted by atomic mass is 10.0. The number of pyridine rings is 1. The van der Waals surface area contributed by atoms with E-state index in [0.717, 1.165) is 16.0 Å². The Balaban J connectivity index is 0.00000137. The first-order chi connectivity index (χ1) is 18.0. The van der Waals surface area contributed by atoms with Crippen molar-refractivity contribution in [2.45, 2.75) is 29.3 Å². The zero-order valence-corrected chi connectivity index (χ0v) is 21.2. The summed E-state index contributed by atoms with van der Waals surface area (Å²) in [6.07, 6.45) is -0.0931. The Morgan fingerprint density at radius 3 is 2.30 bits per heavy atom. The number of benzene rings is 2. The van der Waals surface area contributed by atoms with Crippen LogP contribution in [-0.4, -0.2) is 70.2 Å². The van der Waals surface area contributed by atoms with Crippen molar-refractivity contribution < 1.29 is 27.9 Å². The van der Waals surface area contributed by atoms with Crippen LogP contribution in [0.2, 0.25) is 0 Å². The van der Waals surface area contributed by atoms with Gasteiger partial charge in [0.1, 0.15) is 24.0 Å². The smallest absolute Gasteiger partial charge is 0.193 e. The van der Waals surface area contributed by atoms with E-state index in [0.29, 0.717) is 29.1 Å². The van der Waals surface area contributed by atoms with Crippen molar-refractivity contribution in [3.05, 3.63) is 66.5 Å². The zero-order chi connectivity index (χ0) is 26.1. The molecule has 2 aromatic carbocycles. The number of ether oxygens (including phenoxy) is 3. The van der Waals surface area contributed by atoms with Gasteiger partial charge < -0.3 is 30.0 Å². The van der Waals surface area contributed by atoms with Gasteiger partial charge in [-0.05, 0) is 30.3 Å². The summed E-state index contributed by atoms with van der Waals surface area (Å²) in [6, 6.07) is 18.2. The summed E-state index contributed by atoms with van der Waals surface area (Å²) in [5.74, 6) is -0.00460. The molecule has 2 aliphatic rings. The molecule has 2 aromatic heterocycles. The second kappa shape index (κ2) is 10.7. The van der Waals surface area contributed by atoms with Crippen LogP contribution in [0.25, 0.3) is 33.4 Å². The van der Waals surface area contributed by atoms with Gasteiger partial charge in [-0.3, -0.25) is 4.21 Å². The number of aromatic nitrogens is 2. The van der Waals surface area contributed by atoms with Gasteiger partial charge in [-0.15, -0.1) is 0 Å². The average molecular weight is 526 g/mol. The number of hydrogen-bond acceptors (Lipinski definition) is 7. The van der Waals surface area contributed by atoms with Crippen LogP contribution in [0.15, 0.2) is 65.6 Å². The molecule has 194 valence electrons. The SMILES string of the molecule is CN.CS(=O)c1ccc(-c2ccc(-c3nc4cc(OC5COC6C(O)CO[C@H]56)[nH]c4cc3F)cc2)cc1. The molecule has 8 nitrogen and oxygen atoms in total. The van der Waals surface area contributed by atoms with Crippen molar-refractivity contribution in [1.29, 1.82) is 0 Å². The number of aliphatic hydroxyl groups is 1. The molecule has 2 aliphatic heterocycles. The molecule has 5 atom stereocenters. The minimum atomic E-state index is -1.02. The number of H-pyrrole nitrogens is 1. The highest BCUT2D eigenvalue weighted by Gasteiger charge is 2.48. The predicted octanol–water partition coefficient (Wildman–Crippen LogP) is 3.25. The maximum Gasteiger partial charge on any atom is 0.193 e. The molecule has 10 heteroatoms. The van der Waals surface area contributed by atoms with Crippen molar-refractivity contribution in [3.8, 4) is 28.3 Å². The van der Waals surface area contributed by atoms with E-state index in [1.807, 2.05) is 48.5 Å². The fraction of sp³-hybridized carbons (Fsp3) is 0.296. The summed E-state index contributed by atoms with van der Waals surface area (Å²) in [5.41, 5.74) is 8.46. The van der Waals surface area contributed by atoms with Crippen molar-refractivity contribution in [2.75, 3.05) is 26.5 Å². The fourth-order valence-corrected chi connectivity index (χ4v) is 5.16. The molecular weight excluding hydrogens is 497 g/mol. The van der Waals surface area contributed by atoms with Crippen LogP contribution in [0.4, 0.5) is 4.39 Å². The number of nitrogens with two attached hydrogens (primary N) is 1. The fourth-order valence-electron chi connectivity index (χ4n) is 4.64. The zero-order valence-electron chi connectivity index (χ0n) is 20.4. The Hall–Kier alpha value is -3.15. The maximum absolute atomic E-state index is 15.0. The van der Waals surface area contributed by atoms with E-state index >= 15 is 0 Å². The summed E-state index contributed by atoms with van der Waals surface area (Å²) in [6.45, 7) is 0.530. The Labute approximate surface area is 216 Å². The first-order valence-corrected chi connectivity index (χ1v) is 13.4. The molecule has 2 fully saturated rings. The minimum Gasteiger partial charge on any atom is -0.470 e. The third kappa shape index (κ3) is 5.03. The van der Waals surface area contributed by atoms with Crippen molar-refractivity contribution in [1.82, 2.24) is 9.97 Å². The molecular formula is C27H28FN3O5S. The van der Waals surface area contributed by atoms with Crippen LogP contribution in [0.1, 0.15) is 0 Å². The molecule has 0 spiro atoms. The summed E-state index contributed by atoms with van der Waals surface area (Å²) < 4.78 is 43.8. The van der Waals surface area contributed by atoms with E-state index in [2.05, 4.69) is 15.7 Å². The number of aromatic amines is 1. The molecule has 0 saturated carbocycles. The summed E-state index contributed by atoms with van der Waals surface area (Å²) in [7, 11) is 0.477. The predicted molar refractivity (Wildman–Crippen MR) is 139 cm³/mol. The molecule has 0 aliphatic carbocycles. The highest BCUT2D eigenvalue weighted by atomic mass is 32.2. The lowest BCUT2D eigenvalue weighted by Crippen LogP contribution is -2.34. The number of nitrogens with zero attached hydrogens (tertiary/aromatic N) is 1. The number of aliphatic hydroxyl groups excluding tert-OH is 1. The topological polar surface area (TPSA) is 120 Å². The second-order valence-electron chi connectivity index (χ2n) is 8.76. The van der Waals surface area contributed by atoms with Crippen LogP contribution in [0.3, 0.4) is 0 Å². The Morgan fingerprint density at radius 1 is 1.00 bits per heavy atom. The number of halogens is 1. The molecule has 4 unspecified atom stereocenters. The third-order valence-corrected chi connectivity index (χ3v) is 7.41. The first kappa shape index (κ1) is 25.5. The number of fused-ring (bicyclic) bond motifs is 2. The van der Waals surface area contributed by atoms with Gasteiger partial charge in [-0.1, -0.05) is 36.4 Å². The largest absolute Gasteiger partial charge is 0.470 e. The normalized spacial score (nSPS) is 23.4. The van der Waals surface area contributed by atoms with E-state index in [-0.39, 0.29) is 30.6 Å². The molecule has 4 N–H and O–H groups in total. The van der Waals surface area contributed by atoms with Gasteiger partial charge in [0.15, 0.2) is 17.8 Å². The highest BCUT2D eigenvalue weighted by Crippen LogP contribution is 2.32. The Bertz CT molecular complexity index is 1410. The monoisotopic (exact) mass is 525 g/mol. The summed E-state index contributed by atoms with van der Waals surface area (Å²) in [5, 5.41) is 9.90. The first-order valence-electron chi connectivity index (χ1n) is 11.9. The van der Waals surface area contributed by atoms with Crippen LogP contribution in [0, 0.1) is 5.82 Å². The van der Waals surface area contributed by atoms with Gasteiger partial charge in [0.05, 0.1) is 24.2 Å². The van der Waals surface area contributed by atoms with Gasteiger partial charge in [0, 0.05) is 39.6 Å². The van der Waals surface area contributed by atoms with Gasteiger partial charge >= 0.3 is 0 Å². The summed E-state index contributed by atoms with van der Waals surface area (Å²) >= 11 is 0. The van der Waals surface area contributed by atoms with Crippen LogP contribution < -0.4 is 10.5 Å². The molecule has 6 rings (SSSR count). The molecule has 2 saturated heterocycles. The third-order valence-electron chi connectivity index (χ3n) is 6.47. The Kier molecular flexibility index (Phi) is 7.36. The molecule has 0 bridgehead atoms. The van der Waals surface area contributed by atoms with Crippen molar-refractivity contribution >= 4 is 21.8 Å². The van der Waals surface area contributed by atoms with E-state index in [1.165, 1.54) is 13.1 Å². The van der Waals surface area contributed by atoms with Crippen molar-refractivity contribution in [2.24, 2.45) is 5.73 Å². The van der Waals surface area contributed by atoms with Gasteiger partial charge in [0.2, 0.25) is 0 Å². The quantitative estimate of drug-likeness (QED) is 0.366. The van der Waals surface area contributed by atoms with Gasteiger partial charge in [-0.25, -0.2) is 9.37 Å². The van der Waals surface area contributed by atoms with Gasteiger partial charge in [0.25, 0.3) is 0 Å². The molecule has 0 radical (unpaired) electrons. The minimum absolute atomic E-state index is 0.224. The lowest BCUT2D eigenvalue weighted by Gasteiger charge is -2.16.